The first kappa shape index (κ1) is 8.37. The number of hydrogen-bond donors (Lipinski definition) is 1. The van der Waals surface area contributed by atoms with Gasteiger partial charge in [0.05, 0.1) is 6.04 Å². The first-order chi connectivity index (χ1) is 5.09. The van der Waals surface area contributed by atoms with Crippen molar-refractivity contribution in [3.8, 4) is 0 Å². The Morgan fingerprint density at radius 1 is 1.64 bits per heavy atom. The first-order valence-electron chi connectivity index (χ1n) is 4.06. The van der Waals surface area contributed by atoms with Gasteiger partial charge in [0, 0.05) is 0 Å². The van der Waals surface area contributed by atoms with E-state index in [0.717, 1.165) is 6.42 Å². The van der Waals surface area contributed by atoms with Crippen molar-refractivity contribution in [3.63, 3.8) is 0 Å². The van der Waals surface area contributed by atoms with Gasteiger partial charge in [-0.15, -0.1) is 0 Å². The van der Waals surface area contributed by atoms with Gasteiger partial charge in [0.25, 0.3) is 0 Å². The molecule has 1 heterocycles. The quantitative estimate of drug-likeness (QED) is 0.660. The molecular formula is C8H15NO2. The zero-order valence-corrected chi connectivity index (χ0v) is 7.26. The smallest absolute Gasteiger partial charge is 0.407 e. The number of rotatable bonds is 2. The number of amides is 1. The van der Waals surface area contributed by atoms with E-state index in [0.29, 0.717) is 5.92 Å². The molecule has 1 saturated heterocycles. The predicted octanol–water partition coefficient (Wildman–Crippen LogP) is 1.53. The van der Waals surface area contributed by atoms with E-state index in [9.17, 15) is 4.79 Å². The summed E-state index contributed by atoms with van der Waals surface area (Å²) in [6, 6.07) is 0.211. The van der Waals surface area contributed by atoms with E-state index < -0.39 is 0 Å². The lowest BCUT2D eigenvalue weighted by Gasteiger charge is -2.14. The Bertz CT molecular complexity index is 156. The molecule has 3 nitrogen and oxygen atoms in total. The Kier molecular flexibility index (Phi) is 2.37. The molecule has 1 aliphatic rings. The average molecular weight is 157 g/mol. The second-order valence-electron chi connectivity index (χ2n) is 3.49. The highest BCUT2D eigenvalue weighted by atomic mass is 16.6. The molecule has 3 heteroatoms. The lowest BCUT2D eigenvalue weighted by atomic mass is 10.0. The number of cyclic esters (lactones) is 1. The summed E-state index contributed by atoms with van der Waals surface area (Å²) in [5.41, 5.74) is 0. The van der Waals surface area contributed by atoms with Crippen LogP contribution in [0.5, 0.6) is 0 Å². The van der Waals surface area contributed by atoms with Gasteiger partial charge in [-0.3, -0.25) is 0 Å². The fraction of sp³-hybridized carbons (Fsp3) is 0.875. The second kappa shape index (κ2) is 3.11. The largest absolute Gasteiger partial charge is 0.444 e. The summed E-state index contributed by atoms with van der Waals surface area (Å²) in [6.45, 7) is 6.19. The van der Waals surface area contributed by atoms with Crippen LogP contribution in [-0.2, 0) is 4.74 Å². The Balaban J connectivity index is 2.40. The van der Waals surface area contributed by atoms with Crippen molar-refractivity contribution in [2.24, 2.45) is 5.92 Å². The Hall–Kier alpha value is -0.730. The van der Waals surface area contributed by atoms with Crippen LogP contribution in [-0.4, -0.2) is 18.2 Å². The van der Waals surface area contributed by atoms with Crippen molar-refractivity contribution in [1.29, 1.82) is 0 Å². The lowest BCUT2D eigenvalue weighted by Crippen LogP contribution is -2.31. The average Bonchev–Trinajstić information content (AvgIpc) is 2.09. The first-order valence-corrected chi connectivity index (χ1v) is 4.06. The third-order valence-electron chi connectivity index (χ3n) is 1.89. The molecule has 1 N–H and O–H groups in total. The van der Waals surface area contributed by atoms with Gasteiger partial charge in [0.15, 0.2) is 0 Å². The van der Waals surface area contributed by atoms with E-state index in [1.165, 1.54) is 0 Å². The van der Waals surface area contributed by atoms with Crippen LogP contribution in [0.1, 0.15) is 27.2 Å². The van der Waals surface area contributed by atoms with Crippen LogP contribution in [0.4, 0.5) is 4.79 Å². The van der Waals surface area contributed by atoms with Gasteiger partial charge in [-0.1, -0.05) is 13.8 Å². The molecule has 0 aromatic carbocycles. The standard InChI is InChI=1S/C8H15NO2/c1-5(2)4-7-6(3)11-8(10)9-7/h5-7H,4H2,1-3H3,(H,9,10)/t6-,7+/m0/s1. The summed E-state index contributed by atoms with van der Waals surface area (Å²) in [6.07, 6.45) is 0.750. The minimum Gasteiger partial charge on any atom is -0.444 e. The van der Waals surface area contributed by atoms with Gasteiger partial charge in [-0.25, -0.2) is 4.79 Å². The molecule has 0 aromatic rings. The third kappa shape index (κ3) is 2.10. The molecule has 0 unspecified atom stereocenters. The van der Waals surface area contributed by atoms with Crippen LogP contribution in [0.3, 0.4) is 0 Å². The van der Waals surface area contributed by atoms with Crippen LogP contribution in [0, 0.1) is 5.92 Å². The van der Waals surface area contributed by atoms with E-state index in [4.69, 9.17) is 4.74 Å². The molecule has 64 valence electrons. The molecule has 0 saturated carbocycles. The van der Waals surface area contributed by atoms with Crippen molar-refractivity contribution in [1.82, 2.24) is 5.32 Å². The van der Waals surface area contributed by atoms with E-state index in [1.807, 2.05) is 6.92 Å². The normalized spacial score (nSPS) is 30.4. The molecule has 0 spiro atoms. The molecular weight excluding hydrogens is 142 g/mol. The Morgan fingerprint density at radius 2 is 2.27 bits per heavy atom. The summed E-state index contributed by atoms with van der Waals surface area (Å²) in [7, 11) is 0. The van der Waals surface area contributed by atoms with Gasteiger partial charge in [-0.05, 0) is 19.3 Å². The van der Waals surface area contributed by atoms with E-state index in [1.54, 1.807) is 0 Å². The number of nitrogens with one attached hydrogen (secondary N) is 1. The summed E-state index contributed by atoms with van der Waals surface area (Å²) >= 11 is 0. The van der Waals surface area contributed by atoms with Crippen molar-refractivity contribution in [2.45, 2.75) is 39.3 Å². The molecule has 0 aromatic heterocycles. The Morgan fingerprint density at radius 3 is 2.64 bits per heavy atom. The molecule has 1 fully saturated rings. The maximum absolute atomic E-state index is 10.7. The third-order valence-corrected chi connectivity index (χ3v) is 1.89. The van der Waals surface area contributed by atoms with Gasteiger partial charge >= 0.3 is 6.09 Å². The predicted molar refractivity (Wildman–Crippen MR) is 42.3 cm³/mol. The van der Waals surface area contributed by atoms with Crippen LogP contribution in [0.15, 0.2) is 0 Å². The fourth-order valence-corrected chi connectivity index (χ4v) is 1.31. The van der Waals surface area contributed by atoms with Crippen LogP contribution in [0.25, 0.3) is 0 Å². The van der Waals surface area contributed by atoms with Gasteiger partial charge in [0.1, 0.15) is 6.10 Å². The SMILES string of the molecule is CC(C)C[C@H]1NC(=O)O[C@H]1C. The highest BCUT2D eigenvalue weighted by molar-refractivity contribution is 5.70. The molecule has 1 rings (SSSR count). The highest BCUT2D eigenvalue weighted by Gasteiger charge is 2.30. The van der Waals surface area contributed by atoms with Gasteiger partial charge in [0.2, 0.25) is 0 Å². The molecule has 11 heavy (non-hydrogen) atoms. The van der Waals surface area contributed by atoms with E-state index in [-0.39, 0.29) is 18.2 Å². The minimum atomic E-state index is -0.275. The van der Waals surface area contributed by atoms with E-state index >= 15 is 0 Å². The number of hydrogen-bond acceptors (Lipinski definition) is 2. The zero-order chi connectivity index (χ0) is 8.43. The number of carbonyl (C=O) groups excluding carboxylic acids is 1. The maximum atomic E-state index is 10.7. The minimum absolute atomic E-state index is 0.0323. The summed E-state index contributed by atoms with van der Waals surface area (Å²) in [5, 5.41) is 2.77. The van der Waals surface area contributed by atoms with Crippen molar-refractivity contribution < 1.29 is 9.53 Å². The monoisotopic (exact) mass is 157 g/mol. The lowest BCUT2D eigenvalue weighted by molar-refractivity contribution is 0.138. The molecule has 1 aliphatic heterocycles. The highest BCUT2D eigenvalue weighted by Crippen LogP contribution is 2.15. The molecule has 0 bridgehead atoms. The number of carbonyl (C=O) groups is 1. The van der Waals surface area contributed by atoms with Gasteiger partial charge < -0.3 is 10.1 Å². The van der Waals surface area contributed by atoms with Crippen LogP contribution < -0.4 is 5.32 Å². The zero-order valence-electron chi connectivity index (χ0n) is 7.26. The van der Waals surface area contributed by atoms with Crippen molar-refractivity contribution in [2.75, 3.05) is 0 Å². The molecule has 2 atom stereocenters. The summed E-state index contributed by atoms with van der Waals surface area (Å²) in [4.78, 5) is 10.7. The van der Waals surface area contributed by atoms with Crippen LogP contribution in [0.2, 0.25) is 0 Å². The molecule has 0 aliphatic carbocycles. The Labute approximate surface area is 67.1 Å². The van der Waals surface area contributed by atoms with Crippen LogP contribution >= 0.6 is 0 Å². The van der Waals surface area contributed by atoms with E-state index in [2.05, 4.69) is 19.2 Å². The second-order valence-corrected chi connectivity index (χ2v) is 3.49. The summed E-state index contributed by atoms with van der Waals surface area (Å²) in [5.74, 6) is 0.601. The van der Waals surface area contributed by atoms with Gasteiger partial charge in [-0.2, -0.15) is 0 Å². The van der Waals surface area contributed by atoms with Crippen molar-refractivity contribution in [3.05, 3.63) is 0 Å². The molecule has 0 radical (unpaired) electrons. The fourth-order valence-electron chi connectivity index (χ4n) is 1.31. The van der Waals surface area contributed by atoms with Crippen molar-refractivity contribution >= 4 is 6.09 Å². The summed E-state index contributed by atoms with van der Waals surface area (Å²) < 4.78 is 4.92. The maximum Gasteiger partial charge on any atom is 0.407 e. The number of alkyl carbamates (subject to hydrolysis) is 1. The molecule has 1 amide bonds. The topological polar surface area (TPSA) is 38.3 Å². The number of ether oxygens (including phenoxy) is 1.